The summed E-state index contributed by atoms with van der Waals surface area (Å²) in [7, 11) is 0. The molecule has 6 heteroatoms. The van der Waals surface area contributed by atoms with E-state index < -0.39 is 16.7 Å². The number of carbonyl (C=O) groups excluding carboxylic acids is 3. The zero-order chi connectivity index (χ0) is 18.8. The Hall–Kier alpha value is -1.59. The Morgan fingerprint density at radius 3 is 2.17 bits per heavy atom. The molecule has 0 aliphatic rings. The molecule has 3 N–H and O–H groups in total. The van der Waals surface area contributed by atoms with Crippen LogP contribution in [0.15, 0.2) is 0 Å². The summed E-state index contributed by atoms with van der Waals surface area (Å²) in [5.74, 6) is -1.15. The summed E-state index contributed by atoms with van der Waals surface area (Å²) in [4.78, 5) is 35.6. The Morgan fingerprint density at radius 2 is 1.67 bits per heavy atom. The van der Waals surface area contributed by atoms with E-state index in [4.69, 9.17) is 10.5 Å². The van der Waals surface area contributed by atoms with E-state index in [9.17, 15) is 14.4 Å². The van der Waals surface area contributed by atoms with Crippen molar-refractivity contribution in [3.8, 4) is 0 Å². The predicted octanol–water partition coefficient (Wildman–Crippen LogP) is 2.54. The summed E-state index contributed by atoms with van der Waals surface area (Å²) < 4.78 is 5.38. The quantitative estimate of drug-likeness (QED) is 0.420. The lowest BCUT2D eigenvalue weighted by Crippen LogP contribution is -2.45. The van der Waals surface area contributed by atoms with Crippen LogP contribution in [0.2, 0.25) is 0 Å². The minimum absolute atomic E-state index is 0.198. The molecule has 140 valence electrons. The van der Waals surface area contributed by atoms with Gasteiger partial charge < -0.3 is 15.8 Å². The molecule has 0 aromatic heterocycles. The maximum Gasteiger partial charge on any atom is 0.311 e. The van der Waals surface area contributed by atoms with Crippen LogP contribution >= 0.6 is 0 Å². The van der Waals surface area contributed by atoms with Crippen molar-refractivity contribution in [1.82, 2.24) is 5.32 Å². The number of amides is 2. The Morgan fingerprint density at radius 1 is 1.04 bits per heavy atom. The molecule has 6 nitrogen and oxygen atoms in total. The summed E-state index contributed by atoms with van der Waals surface area (Å²) in [6, 6.07) is 0. The highest BCUT2D eigenvalue weighted by molar-refractivity contribution is 5.87. The average molecular weight is 342 g/mol. The van der Waals surface area contributed by atoms with Gasteiger partial charge in [0, 0.05) is 5.41 Å². The molecule has 0 bridgehead atoms. The van der Waals surface area contributed by atoms with Gasteiger partial charge in [0.1, 0.15) is 0 Å². The largest absolute Gasteiger partial charge is 0.465 e. The molecular formula is C18H34N2O4. The summed E-state index contributed by atoms with van der Waals surface area (Å²) in [5.41, 5.74) is 3.52. The van der Waals surface area contributed by atoms with Crippen molar-refractivity contribution in [3.63, 3.8) is 0 Å². The number of esters is 1. The zero-order valence-electron chi connectivity index (χ0n) is 15.9. The first-order chi connectivity index (χ1) is 11.1. The molecule has 1 atom stereocenters. The Balaban J connectivity index is 4.67. The van der Waals surface area contributed by atoms with E-state index in [1.807, 2.05) is 6.92 Å². The molecule has 0 saturated carbocycles. The number of nitrogens with one attached hydrogen (secondary N) is 1. The predicted molar refractivity (Wildman–Crippen MR) is 94.1 cm³/mol. The van der Waals surface area contributed by atoms with E-state index in [-0.39, 0.29) is 18.4 Å². The van der Waals surface area contributed by atoms with Crippen molar-refractivity contribution in [3.05, 3.63) is 0 Å². The maximum absolute atomic E-state index is 12.4. The van der Waals surface area contributed by atoms with Crippen LogP contribution in [0.5, 0.6) is 0 Å². The Kier molecular flexibility index (Phi) is 9.63. The lowest BCUT2D eigenvalue weighted by atomic mass is 9.72. The Bertz CT molecular complexity index is 435. The van der Waals surface area contributed by atoms with Crippen molar-refractivity contribution in [2.75, 3.05) is 13.2 Å². The van der Waals surface area contributed by atoms with E-state index in [0.29, 0.717) is 19.4 Å². The average Bonchev–Trinajstić information content (AvgIpc) is 2.51. The highest BCUT2D eigenvalue weighted by Gasteiger charge is 2.41. The van der Waals surface area contributed by atoms with E-state index in [1.54, 1.807) is 20.8 Å². The summed E-state index contributed by atoms with van der Waals surface area (Å²) in [6.07, 6.45) is 5.06. The van der Waals surface area contributed by atoms with Crippen LogP contribution in [0.3, 0.4) is 0 Å². The van der Waals surface area contributed by atoms with Crippen molar-refractivity contribution < 1.29 is 19.1 Å². The zero-order valence-corrected chi connectivity index (χ0v) is 15.9. The molecule has 0 aromatic rings. The van der Waals surface area contributed by atoms with Gasteiger partial charge in [0.2, 0.25) is 11.8 Å². The SMILES string of the molecule is CCCCCCOC(=O)C(C)(C)CC(C)(CC)C(=O)NCC(N)=O. The number of nitrogens with two attached hydrogens (primary N) is 1. The second kappa shape index (κ2) is 10.3. The van der Waals surface area contributed by atoms with Crippen LogP contribution in [0.4, 0.5) is 0 Å². The molecule has 0 spiro atoms. The van der Waals surface area contributed by atoms with Gasteiger partial charge in [-0.3, -0.25) is 14.4 Å². The molecule has 0 saturated heterocycles. The fourth-order valence-corrected chi connectivity index (χ4v) is 2.68. The van der Waals surface area contributed by atoms with Gasteiger partial charge in [0.25, 0.3) is 0 Å². The smallest absolute Gasteiger partial charge is 0.311 e. The van der Waals surface area contributed by atoms with Gasteiger partial charge >= 0.3 is 5.97 Å². The van der Waals surface area contributed by atoms with E-state index in [2.05, 4.69) is 12.2 Å². The topological polar surface area (TPSA) is 98.5 Å². The number of rotatable bonds is 12. The van der Waals surface area contributed by atoms with Crippen molar-refractivity contribution in [2.24, 2.45) is 16.6 Å². The first kappa shape index (κ1) is 22.4. The first-order valence-electron chi connectivity index (χ1n) is 8.83. The van der Waals surface area contributed by atoms with Crippen molar-refractivity contribution >= 4 is 17.8 Å². The van der Waals surface area contributed by atoms with Gasteiger partial charge in [0.05, 0.1) is 18.6 Å². The molecule has 0 aliphatic heterocycles. The standard InChI is InChI=1S/C18H34N2O4/c1-6-8-9-10-11-24-16(23)17(3,4)13-18(5,7-2)15(22)20-12-14(19)21/h6-13H2,1-5H3,(H2,19,21)(H,20,22). The minimum atomic E-state index is -0.778. The lowest BCUT2D eigenvalue weighted by Gasteiger charge is -2.34. The van der Waals surface area contributed by atoms with Crippen molar-refractivity contribution in [1.29, 1.82) is 0 Å². The van der Waals surface area contributed by atoms with Crippen LogP contribution < -0.4 is 11.1 Å². The molecular weight excluding hydrogens is 308 g/mol. The molecule has 0 rings (SSSR count). The van der Waals surface area contributed by atoms with Gasteiger partial charge in [-0.1, -0.05) is 40.0 Å². The minimum Gasteiger partial charge on any atom is -0.465 e. The van der Waals surface area contributed by atoms with Gasteiger partial charge in [-0.2, -0.15) is 0 Å². The maximum atomic E-state index is 12.4. The fraction of sp³-hybridized carbons (Fsp3) is 0.833. The third kappa shape index (κ3) is 7.79. The van der Waals surface area contributed by atoms with Gasteiger partial charge in [0.15, 0.2) is 0 Å². The number of unbranched alkanes of at least 4 members (excludes halogenated alkanes) is 3. The summed E-state index contributed by atoms with van der Waals surface area (Å²) >= 11 is 0. The van der Waals surface area contributed by atoms with Crippen LogP contribution in [0.25, 0.3) is 0 Å². The highest BCUT2D eigenvalue weighted by atomic mass is 16.5. The Labute approximate surface area is 145 Å². The number of primary amides is 1. The third-order valence-electron chi connectivity index (χ3n) is 4.37. The normalized spacial score (nSPS) is 13.9. The van der Waals surface area contributed by atoms with Crippen molar-refractivity contribution in [2.45, 2.75) is 73.1 Å². The van der Waals surface area contributed by atoms with Crippen LogP contribution in [-0.2, 0) is 19.1 Å². The molecule has 0 heterocycles. The van der Waals surface area contributed by atoms with Gasteiger partial charge in [-0.05, 0) is 33.1 Å². The number of carbonyl (C=O) groups is 3. The lowest BCUT2D eigenvalue weighted by molar-refractivity contribution is -0.157. The molecule has 2 amide bonds. The third-order valence-corrected chi connectivity index (χ3v) is 4.37. The second-order valence-electron chi connectivity index (χ2n) is 7.32. The van der Waals surface area contributed by atoms with E-state index in [1.165, 1.54) is 0 Å². The molecule has 1 unspecified atom stereocenters. The first-order valence-corrected chi connectivity index (χ1v) is 8.83. The molecule has 24 heavy (non-hydrogen) atoms. The van der Waals surface area contributed by atoms with Crippen LogP contribution in [0.1, 0.15) is 73.1 Å². The monoisotopic (exact) mass is 342 g/mol. The molecule has 0 aromatic carbocycles. The van der Waals surface area contributed by atoms with Crippen LogP contribution in [0, 0.1) is 10.8 Å². The van der Waals surface area contributed by atoms with E-state index in [0.717, 1.165) is 25.7 Å². The molecule has 0 radical (unpaired) electrons. The number of hydrogen-bond donors (Lipinski definition) is 2. The van der Waals surface area contributed by atoms with E-state index >= 15 is 0 Å². The molecule has 0 aliphatic carbocycles. The number of hydrogen-bond acceptors (Lipinski definition) is 4. The van der Waals surface area contributed by atoms with Gasteiger partial charge in [-0.25, -0.2) is 0 Å². The second-order valence-corrected chi connectivity index (χ2v) is 7.32. The summed E-state index contributed by atoms with van der Waals surface area (Å²) in [5, 5.41) is 2.54. The van der Waals surface area contributed by atoms with Gasteiger partial charge in [-0.15, -0.1) is 0 Å². The fourth-order valence-electron chi connectivity index (χ4n) is 2.68. The number of ether oxygens (including phenoxy) is 1. The summed E-state index contributed by atoms with van der Waals surface area (Å²) in [6.45, 7) is 9.60. The van der Waals surface area contributed by atoms with Crippen LogP contribution in [-0.4, -0.2) is 30.9 Å². The highest BCUT2D eigenvalue weighted by Crippen LogP contribution is 2.37. The molecule has 0 fully saturated rings.